The van der Waals surface area contributed by atoms with Crippen LogP contribution in [0, 0.1) is 0 Å². The molecule has 0 aromatic carbocycles. The summed E-state index contributed by atoms with van der Waals surface area (Å²) >= 11 is 0. The Morgan fingerprint density at radius 1 is 1.17 bits per heavy atom. The zero-order valence-corrected chi connectivity index (χ0v) is 15.1. The smallest absolute Gasteiger partial charge is 0.245 e. The van der Waals surface area contributed by atoms with Gasteiger partial charge in [0, 0.05) is 44.0 Å². The summed E-state index contributed by atoms with van der Waals surface area (Å²) in [6, 6.07) is 3.57. The number of H-pyrrole nitrogens is 1. The molecule has 1 aliphatic rings. The molecule has 7 heteroatoms. The molecule has 6 nitrogen and oxygen atoms in total. The summed E-state index contributed by atoms with van der Waals surface area (Å²) in [5, 5.41) is 0.666. The fraction of sp³-hybridized carbons (Fsp3) is 0.588. The van der Waals surface area contributed by atoms with E-state index in [2.05, 4.69) is 21.8 Å². The highest BCUT2D eigenvalue weighted by Gasteiger charge is 2.30. The summed E-state index contributed by atoms with van der Waals surface area (Å²) < 4.78 is 27.5. The molecule has 0 bridgehead atoms. The Kier molecular flexibility index (Phi) is 5.53. The van der Waals surface area contributed by atoms with Crippen molar-refractivity contribution in [1.29, 1.82) is 0 Å². The van der Waals surface area contributed by atoms with Crippen LogP contribution in [0.25, 0.3) is 11.0 Å². The maximum Gasteiger partial charge on any atom is 0.245 e. The monoisotopic (exact) mass is 350 g/mol. The van der Waals surface area contributed by atoms with E-state index in [4.69, 9.17) is 0 Å². The van der Waals surface area contributed by atoms with Gasteiger partial charge in [-0.2, -0.15) is 4.31 Å². The molecule has 1 fully saturated rings. The summed E-state index contributed by atoms with van der Waals surface area (Å²) in [4.78, 5) is 9.84. The van der Waals surface area contributed by atoms with Crippen molar-refractivity contribution in [3.63, 3.8) is 0 Å². The van der Waals surface area contributed by atoms with Crippen LogP contribution in [0.4, 0.5) is 0 Å². The number of hydrogen-bond acceptors (Lipinski definition) is 4. The fourth-order valence-electron chi connectivity index (χ4n) is 3.24. The summed E-state index contributed by atoms with van der Waals surface area (Å²) in [6.07, 6.45) is 8.21. The number of rotatable bonds is 7. The van der Waals surface area contributed by atoms with Crippen LogP contribution in [0.2, 0.25) is 0 Å². The summed E-state index contributed by atoms with van der Waals surface area (Å²) in [5.41, 5.74) is 0.616. The number of sulfonamides is 1. The molecule has 2 aromatic rings. The number of aromatic nitrogens is 2. The van der Waals surface area contributed by atoms with Gasteiger partial charge in [0.2, 0.25) is 10.0 Å². The average molecular weight is 350 g/mol. The third-order valence-electron chi connectivity index (χ3n) is 4.69. The fourth-order valence-corrected chi connectivity index (χ4v) is 4.81. The van der Waals surface area contributed by atoms with E-state index in [1.165, 1.54) is 25.7 Å². The molecule has 0 aliphatic carbocycles. The molecule has 132 valence electrons. The van der Waals surface area contributed by atoms with E-state index in [9.17, 15) is 8.42 Å². The zero-order valence-electron chi connectivity index (χ0n) is 14.2. The third-order valence-corrected chi connectivity index (χ3v) is 6.63. The first-order valence-electron chi connectivity index (χ1n) is 8.77. The van der Waals surface area contributed by atoms with Crippen LogP contribution in [0.1, 0.15) is 32.6 Å². The number of fused-ring (bicyclic) bond motifs is 1. The summed E-state index contributed by atoms with van der Waals surface area (Å²) in [5.74, 6) is 0. The van der Waals surface area contributed by atoms with E-state index in [0.29, 0.717) is 29.0 Å². The Morgan fingerprint density at radius 2 is 1.96 bits per heavy atom. The van der Waals surface area contributed by atoms with Crippen molar-refractivity contribution >= 4 is 21.1 Å². The van der Waals surface area contributed by atoms with Crippen LogP contribution in [-0.4, -0.2) is 60.3 Å². The number of unbranched alkanes of at least 4 members (excludes halogenated alkanes) is 3. The van der Waals surface area contributed by atoms with Gasteiger partial charge in [0.05, 0.1) is 0 Å². The Bertz CT molecular complexity index is 764. The van der Waals surface area contributed by atoms with E-state index in [1.54, 1.807) is 28.8 Å². The van der Waals surface area contributed by atoms with Crippen LogP contribution in [0.3, 0.4) is 0 Å². The van der Waals surface area contributed by atoms with E-state index < -0.39 is 10.0 Å². The lowest BCUT2D eigenvalue weighted by atomic mass is 10.2. The van der Waals surface area contributed by atoms with Gasteiger partial charge in [-0.3, -0.25) is 0 Å². The molecule has 0 atom stereocenters. The van der Waals surface area contributed by atoms with Crippen LogP contribution >= 0.6 is 0 Å². The second-order valence-corrected chi connectivity index (χ2v) is 8.27. The van der Waals surface area contributed by atoms with E-state index in [0.717, 1.165) is 19.6 Å². The molecule has 0 spiro atoms. The van der Waals surface area contributed by atoms with Gasteiger partial charge in [-0.25, -0.2) is 13.4 Å². The van der Waals surface area contributed by atoms with Gasteiger partial charge in [0.1, 0.15) is 10.5 Å². The predicted octanol–water partition coefficient (Wildman–Crippen LogP) is 2.45. The largest absolute Gasteiger partial charge is 0.345 e. The van der Waals surface area contributed by atoms with E-state index in [-0.39, 0.29) is 0 Å². The lowest BCUT2D eigenvalue weighted by Crippen LogP contribution is -2.48. The first kappa shape index (κ1) is 17.4. The SMILES string of the molecule is CCCCCCN1CCN(S(=O)(=O)c2c[nH]c3ncccc23)CC1. The number of pyridine rings is 1. The molecule has 24 heavy (non-hydrogen) atoms. The van der Waals surface area contributed by atoms with Gasteiger partial charge in [-0.15, -0.1) is 0 Å². The molecular weight excluding hydrogens is 324 g/mol. The Morgan fingerprint density at radius 3 is 2.71 bits per heavy atom. The quantitative estimate of drug-likeness (QED) is 0.779. The van der Waals surface area contributed by atoms with Gasteiger partial charge >= 0.3 is 0 Å². The maximum absolute atomic E-state index is 12.9. The number of aromatic amines is 1. The number of nitrogens with zero attached hydrogens (tertiary/aromatic N) is 3. The zero-order chi connectivity index (χ0) is 17.0. The first-order chi connectivity index (χ1) is 11.6. The predicted molar refractivity (Wildman–Crippen MR) is 95.4 cm³/mol. The van der Waals surface area contributed by atoms with Gasteiger partial charge in [-0.05, 0) is 25.1 Å². The Balaban J connectivity index is 1.63. The third kappa shape index (κ3) is 3.63. The first-order valence-corrected chi connectivity index (χ1v) is 10.2. The highest BCUT2D eigenvalue weighted by atomic mass is 32.2. The highest BCUT2D eigenvalue weighted by Crippen LogP contribution is 2.25. The Labute approximate surface area is 143 Å². The minimum absolute atomic E-state index is 0.335. The topological polar surface area (TPSA) is 69.3 Å². The standard InChI is InChI=1S/C17H26N4O2S/c1-2-3-4-5-9-20-10-12-21(13-11-20)24(22,23)16-14-19-17-15(16)7-6-8-18-17/h6-8,14H,2-5,9-13H2,1H3,(H,18,19). The molecule has 0 unspecified atom stereocenters. The van der Waals surface area contributed by atoms with E-state index in [1.807, 2.05) is 0 Å². The van der Waals surface area contributed by atoms with Gasteiger partial charge in [0.15, 0.2) is 0 Å². The van der Waals surface area contributed by atoms with Crippen molar-refractivity contribution in [3.05, 3.63) is 24.5 Å². The lowest BCUT2D eigenvalue weighted by Gasteiger charge is -2.33. The van der Waals surface area contributed by atoms with Crippen molar-refractivity contribution < 1.29 is 8.42 Å². The summed E-state index contributed by atoms with van der Waals surface area (Å²) in [6.45, 7) is 6.03. The van der Waals surface area contributed by atoms with Crippen molar-refractivity contribution in [2.24, 2.45) is 0 Å². The number of piperazine rings is 1. The Hall–Kier alpha value is -1.44. The van der Waals surface area contributed by atoms with Gasteiger partial charge in [-0.1, -0.05) is 26.2 Å². The van der Waals surface area contributed by atoms with Crippen LogP contribution in [0.15, 0.2) is 29.4 Å². The molecule has 1 N–H and O–H groups in total. The van der Waals surface area contributed by atoms with E-state index >= 15 is 0 Å². The minimum Gasteiger partial charge on any atom is -0.345 e. The number of hydrogen-bond donors (Lipinski definition) is 1. The molecular formula is C17H26N4O2S. The van der Waals surface area contributed by atoms with Crippen LogP contribution in [-0.2, 0) is 10.0 Å². The molecule has 3 heterocycles. The maximum atomic E-state index is 12.9. The van der Waals surface area contributed by atoms with Crippen molar-refractivity contribution in [2.75, 3.05) is 32.7 Å². The lowest BCUT2D eigenvalue weighted by molar-refractivity contribution is 0.185. The summed E-state index contributed by atoms with van der Waals surface area (Å²) in [7, 11) is -3.46. The molecule has 3 rings (SSSR count). The highest BCUT2D eigenvalue weighted by molar-refractivity contribution is 7.89. The molecule has 0 radical (unpaired) electrons. The van der Waals surface area contributed by atoms with Crippen molar-refractivity contribution in [2.45, 2.75) is 37.5 Å². The number of nitrogens with one attached hydrogen (secondary N) is 1. The normalized spacial score (nSPS) is 17.5. The molecule has 0 saturated carbocycles. The van der Waals surface area contributed by atoms with Crippen LogP contribution < -0.4 is 0 Å². The minimum atomic E-state index is -3.46. The average Bonchev–Trinajstić information content (AvgIpc) is 3.04. The second kappa shape index (κ2) is 7.63. The van der Waals surface area contributed by atoms with Crippen molar-refractivity contribution in [3.8, 4) is 0 Å². The van der Waals surface area contributed by atoms with Crippen molar-refractivity contribution in [1.82, 2.24) is 19.2 Å². The molecule has 0 amide bonds. The van der Waals surface area contributed by atoms with Gasteiger partial charge in [0.25, 0.3) is 0 Å². The van der Waals surface area contributed by atoms with Crippen LogP contribution in [0.5, 0.6) is 0 Å². The van der Waals surface area contributed by atoms with Gasteiger partial charge < -0.3 is 9.88 Å². The second-order valence-electron chi connectivity index (χ2n) is 6.36. The molecule has 2 aromatic heterocycles. The molecule has 1 saturated heterocycles. The molecule has 1 aliphatic heterocycles.